The molecule has 12 heavy (non-hydrogen) atoms. The van der Waals surface area contributed by atoms with Crippen LogP contribution >= 0.6 is 12.6 Å². The number of hydrogen-bond donors (Lipinski definition) is 1. The lowest BCUT2D eigenvalue weighted by Gasteiger charge is -1.97. The smallest absolute Gasteiger partial charge is 0.130 e. The molecule has 0 fully saturated rings. The van der Waals surface area contributed by atoms with Crippen molar-refractivity contribution in [3.63, 3.8) is 0 Å². The Bertz CT molecular complexity index is 292. The number of benzene rings is 1. The van der Waals surface area contributed by atoms with Gasteiger partial charge in [-0.05, 0) is 19.1 Å². The van der Waals surface area contributed by atoms with Crippen molar-refractivity contribution in [3.05, 3.63) is 41.2 Å². The van der Waals surface area contributed by atoms with Gasteiger partial charge in [-0.1, -0.05) is 23.8 Å². The van der Waals surface area contributed by atoms with Crippen molar-refractivity contribution in [3.8, 4) is 0 Å². The zero-order valence-corrected chi connectivity index (χ0v) is 7.81. The molecule has 2 heteroatoms. The predicted molar refractivity (Wildman–Crippen MR) is 54.0 cm³/mol. The van der Waals surface area contributed by atoms with E-state index in [0.717, 1.165) is 5.56 Å². The van der Waals surface area contributed by atoms with E-state index >= 15 is 0 Å². The minimum absolute atomic E-state index is 0.182. The summed E-state index contributed by atoms with van der Waals surface area (Å²) in [6.45, 7) is 1.94. The summed E-state index contributed by atoms with van der Waals surface area (Å²) < 4.78 is 13.0. The van der Waals surface area contributed by atoms with Gasteiger partial charge in [0, 0.05) is 11.3 Å². The van der Waals surface area contributed by atoms with Crippen molar-refractivity contribution < 1.29 is 4.39 Å². The molecule has 0 atom stereocenters. The lowest BCUT2D eigenvalue weighted by atomic mass is 10.1. The first-order valence-corrected chi connectivity index (χ1v) is 4.41. The zero-order valence-electron chi connectivity index (χ0n) is 6.92. The van der Waals surface area contributed by atoms with Crippen molar-refractivity contribution in [2.75, 3.05) is 5.75 Å². The highest BCUT2D eigenvalue weighted by Gasteiger charge is 1.96. The Kier molecular flexibility index (Phi) is 3.35. The third-order valence-electron chi connectivity index (χ3n) is 1.55. The molecule has 0 aromatic heterocycles. The monoisotopic (exact) mass is 182 g/mol. The molecule has 1 aromatic carbocycles. The van der Waals surface area contributed by atoms with Gasteiger partial charge in [0.1, 0.15) is 5.82 Å². The number of aryl methyl sites for hydroxylation is 1. The van der Waals surface area contributed by atoms with Crippen LogP contribution in [0.1, 0.15) is 11.1 Å². The van der Waals surface area contributed by atoms with Crippen LogP contribution in [0, 0.1) is 12.7 Å². The summed E-state index contributed by atoms with van der Waals surface area (Å²) in [5.41, 5.74) is 1.69. The average Bonchev–Trinajstić information content (AvgIpc) is 2.07. The molecule has 0 aliphatic rings. The SMILES string of the molecule is Cc1ccc(F)c(C=CCS)c1. The van der Waals surface area contributed by atoms with Crippen LogP contribution < -0.4 is 0 Å². The van der Waals surface area contributed by atoms with Crippen LogP contribution in [0.3, 0.4) is 0 Å². The van der Waals surface area contributed by atoms with E-state index in [-0.39, 0.29) is 5.82 Å². The summed E-state index contributed by atoms with van der Waals surface area (Å²) in [5, 5.41) is 0. The fourth-order valence-electron chi connectivity index (χ4n) is 0.971. The standard InChI is InChI=1S/C10H11FS/c1-8-4-5-10(11)9(7-8)3-2-6-12/h2-5,7,12H,6H2,1H3. The van der Waals surface area contributed by atoms with Crippen molar-refractivity contribution in [1.29, 1.82) is 0 Å². The van der Waals surface area contributed by atoms with Gasteiger partial charge in [-0.3, -0.25) is 0 Å². The Morgan fingerprint density at radius 2 is 2.25 bits per heavy atom. The summed E-state index contributed by atoms with van der Waals surface area (Å²) in [6.07, 6.45) is 3.57. The normalized spacial score (nSPS) is 10.9. The largest absolute Gasteiger partial charge is 0.206 e. The van der Waals surface area contributed by atoms with E-state index in [4.69, 9.17) is 0 Å². The first-order valence-electron chi connectivity index (χ1n) is 3.77. The maximum Gasteiger partial charge on any atom is 0.130 e. The van der Waals surface area contributed by atoms with Crippen LogP contribution in [-0.2, 0) is 0 Å². The highest BCUT2D eigenvalue weighted by Crippen LogP contribution is 2.11. The lowest BCUT2D eigenvalue weighted by Crippen LogP contribution is -1.82. The minimum atomic E-state index is -0.182. The zero-order chi connectivity index (χ0) is 8.97. The number of hydrogen-bond acceptors (Lipinski definition) is 1. The molecule has 0 heterocycles. The van der Waals surface area contributed by atoms with Gasteiger partial charge < -0.3 is 0 Å². The second-order valence-electron chi connectivity index (χ2n) is 2.61. The molecule has 0 nitrogen and oxygen atoms in total. The van der Waals surface area contributed by atoms with E-state index in [9.17, 15) is 4.39 Å². The third kappa shape index (κ3) is 2.38. The Morgan fingerprint density at radius 1 is 1.50 bits per heavy atom. The van der Waals surface area contributed by atoms with Crippen LogP contribution in [0.15, 0.2) is 24.3 Å². The van der Waals surface area contributed by atoms with E-state index in [1.807, 2.05) is 19.1 Å². The first kappa shape index (κ1) is 9.33. The highest BCUT2D eigenvalue weighted by atomic mass is 32.1. The Balaban J connectivity index is 2.97. The van der Waals surface area contributed by atoms with Crippen molar-refractivity contribution >= 4 is 18.7 Å². The summed E-state index contributed by atoms with van der Waals surface area (Å²) in [4.78, 5) is 0. The molecule has 0 radical (unpaired) electrons. The van der Waals surface area contributed by atoms with Gasteiger partial charge in [-0.25, -0.2) is 4.39 Å². The van der Waals surface area contributed by atoms with Crippen LogP contribution in [0.4, 0.5) is 4.39 Å². The topological polar surface area (TPSA) is 0 Å². The Labute approximate surface area is 77.5 Å². The molecule has 0 bridgehead atoms. The van der Waals surface area contributed by atoms with Crippen molar-refractivity contribution in [2.24, 2.45) is 0 Å². The van der Waals surface area contributed by atoms with Gasteiger partial charge in [-0.2, -0.15) is 12.6 Å². The molecule has 0 aliphatic heterocycles. The van der Waals surface area contributed by atoms with Crippen LogP contribution in [0.5, 0.6) is 0 Å². The van der Waals surface area contributed by atoms with Crippen molar-refractivity contribution in [2.45, 2.75) is 6.92 Å². The molecule has 0 saturated carbocycles. The summed E-state index contributed by atoms with van der Waals surface area (Å²) in [7, 11) is 0. The maximum absolute atomic E-state index is 13.0. The minimum Gasteiger partial charge on any atom is -0.206 e. The summed E-state index contributed by atoms with van der Waals surface area (Å²) in [5.74, 6) is 0.451. The molecular formula is C10H11FS. The Morgan fingerprint density at radius 3 is 2.92 bits per heavy atom. The second kappa shape index (κ2) is 4.31. The quantitative estimate of drug-likeness (QED) is 0.668. The molecule has 1 rings (SSSR count). The van der Waals surface area contributed by atoms with Gasteiger partial charge in [0.2, 0.25) is 0 Å². The van der Waals surface area contributed by atoms with E-state index in [1.165, 1.54) is 6.07 Å². The van der Waals surface area contributed by atoms with Crippen molar-refractivity contribution in [1.82, 2.24) is 0 Å². The second-order valence-corrected chi connectivity index (χ2v) is 2.98. The highest BCUT2D eigenvalue weighted by molar-refractivity contribution is 7.80. The average molecular weight is 182 g/mol. The number of thiol groups is 1. The molecule has 64 valence electrons. The first-order chi connectivity index (χ1) is 5.74. The molecule has 0 aliphatic carbocycles. The molecule has 0 spiro atoms. The predicted octanol–water partition coefficient (Wildman–Crippen LogP) is 3.08. The lowest BCUT2D eigenvalue weighted by molar-refractivity contribution is 0.624. The summed E-state index contributed by atoms with van der Waals surface area (Å²) in [6, 6.07) is 5.05. The molecule has 0 amide bonds. The van der Waals surface area contributed by atoms with Crippen LogP contribution in [0.2, 0.25) is 0 Å². The molecular weight excluding hydrogens is 171 g/mol. The van der Waals surface area contributed by atoms with Gasteiger partial charge in [0.15, 0.2) is 0 Å². The van der Waals surface area contributed by atoms with Gasteiger partial charge in [-0.15, -0.1) is 0 Å². The van der Waals surface area contributed by atoms with Crippen LogP contribution in [0.25, 0.3) is 6.08 Å². The van der Waals surface area contributed by atoms with E-state index in [1.54, 1.807) is 12.1 Å². The van der Waals surface area contributed by atoms with Gasteiger partial charge in [0.25, 0.3) is 0 Å². The molecule has 0 N–H and O–H groups in total. The summed E-state index contributed by atoms with van der Waals surface area (Å²) >= 11 is 4.00. The molecule has 0 saturated heterocycles. The fraction of sp³-hybridized carbons (Fsp3) is 0.200. The van der Waals surface area contributed by atoms with E-state index in [0.29, 0.717) is 11.3 Å². The van der Waals surface area contributed by atoms with Crippen LogP contribution in [-0.4, -0.2) is 5.75 Å². The number of rotatable bonds is 2. The van der Waals surface area contributed by atoms with Gasteiger partial charge >= 0.3 is 0 Å². The third-order valence-corrected chi connectivity index (χ3v) is 1.77. The van der Waals surface area contributed by atoms with E-state index in [2.05, 4.69) is 12.6 Å². The molecule has 0 unspecified atom stereocenters. The maximum atomic E-state index is 13.0. The Hall–Kier alpha value is -0.760. The fourth-order valence-corrected chi connectivity index (χ4v) is 1.08. The van der Waals surface area contributed by atoms with Gasteiger partial charge in [0.05, 0.1) is 0 Å². The van der Waals surface area contributed by atoms with E-state index < -0.39 is 0 Å². The number of halogens is 1. The molecule has 1 aromatic rings.